The van der Waals surface area contributed by atoms with Gasteiger partial charge in [-0.15, -0.1) is 0 Å². The van der Waals surface area contributed by atoms with Crippen LogP contribution >= 0.6 is 11.8 Å². The SMILES string of the molecule is CSCC[C@H](NC(=O)OCc1ccccc1)C(=O)Nc1ccccn1. The molecule has 0 radical (unpaired) electrons. The van der Waals surface area contributed by atoms with Gasteiger partial charge in [0.05, 0.1) is 0 Å². The van der Waals surface area contributed by atoms with Gasteiger partial charge >= 0.3 is 6.09 Å². The largest absolute Gasteiger partial charge is 0.445 e. The number of nitrogens with one attached hydrogen (secondary N) is 2. The Morgan fingerprint density at radius 2 is 1.92 bits per heavy atom. The maximum absolute atomic E-state index is 12.4. The average molecular weight is 359 g/mol. The van der Waals surface area contributed by atoms with Gasteiger partial charge in [0.25, 0.3) is 0 Å². The minimum Gasteiger partial charge on any atom is -0.445 e. The van der Waals surface area contributed by atoms with E-state index in [0.717, 1.165) is 11.3 Å². The maximum Gasteiger partial charge on any atom is 0.408 e. The number of benzene rings is 1. The Hall–Kier alpha value is -2.54. The second-order valence-corrected chi connectivity index (χ2v) is 6.23. The van der Waals surface area contributed by atoms with Crippen molar-refractivity contribution in [1.29, 1.82) is 0 Å². The molecule has 0 bridgehead atoms. The van der Waals surface area contributed by atoms with Crippen LogP contribution in [0.5, 0.6) is 0 Å². The van der Waals surface area contributed by atoms with Crippen molar-refractivity contribution in [2.24, 2.45) is 0 Å². The molecule has 1 heterocycles. The Bertz CT molecular complexity index is 668. The van der Waals surface area contributed by atoms with Gasteiger partial charge in [-0.2, -0.15) is 11.8 Å². The number of rotatable bonds is 8. The van der Waals surface area contributed by atoms with Gasteiger partial charge in [0.15, 0.2) is 0 Å². The topological polar surface area (TPSA) is 80.3 Å². The quantitative estimate of drug-likeness (QED) is 0.757. The van der Waals surface area contributed by atoms with E-state index >= 15 is 0 Å². The van der Waals surface area contributed by atoms with E-state index in [1.807, 2.05) is 36.6 Å². The maximum atomic E-state index is 12.4. The summed E-state index contributed by atoms with van der Waals surface area (Å²) in [6, 6.07) is 13.9. The van der Waals surface area contributed by atoms with Crippen LogP contribution < -0.4 is 10.6 Å². The third kappa shape index (κ3) is 6.84. The first kappa shape index (κ1) is 18.8. The zero-order valence-electron chi connectivity index (χ0n) is 14.0. The summed E-state index contributed by atoms with van der Waals surface area (Å²) in [5.41, 5.74) is 0.885. The van der Waals surface area contributed by atoms with E-state index in [1.54, 1.807) is 36.2 Å². The van der Waals surface area contributed by atoms with Crippen LogP contribution in [0.2, 0.25) is 0 Å². The molecule has 2 amide bonds. The van der Waals surface area contributed by atoms with Gasteiger partial charge in [-0.3, -0.25) is 4.79 Å². The second-order valence-electron chi connectivity index (χ2n) is 5.24. The molecular formula is C18H21N3O3S. The van der Waals surface area contributed by atoms with Gasteiger partial charge in [0, 0.05) is 6.20 Å². The number of anilines is 1. The van der Waals surface area contributed by atoms with E-state index in [0.29, 0.717) is 12.2 Å². The molecule has 2 aromatic rings. The number of aromatic nitrogens is 1. The summed E-state index contributed by atoms with van der Waals surface area (Å²) < 4.78 is 5.19. The Kier molecular flexibility index (Phi) is 7.78. The number of carbonyl (C=O) groups is 2. The summed E-state index contributed by atoms with van der Waals surface area (Å²) >= 11 is 1.60. The molecule has 0 aliphatic carbocycles. The molecule has 1 atom stereocenters. The number of amides is 2. The lowest BCUT2D eigenvalue weighted by Gasteiger charge is -2.17. The van der Waals surface area contributed by atoms with Crippen LogP contribution in [0.3, 0.4) is 0 Å². The van der Waals surface area contributed by atoms with E-state index in [4.69, 9.17) is 4.74 Å². The molecule has 1 aromatic carbocycles. The summed E-state index contributed by atoms with van der Waals surface area (Å²) in [7, 11) is 0. The van der Waals surface area contributed by atoms with Crippen LogP contribution in [-0.2, 0) is 16.1 Å². The second kappa shape index (κ2) is 10.4. The van der Waals surface area contributed by atoms with Crippen LogP contribution in [0.25, 0.3) is 0 Å². The molecule has 1 aromatic heterocycles. The average Bonchev–Trinajstić information content (AvgIpc) is 2.65. The molecule has 25 heavy (non-hydrogen) atoms. The summed E-state index contributed by atoms with van der Waals surface area (Å²) in [6.07, 6.45) is 3.42. The molecular weight excluding hydrogens is 338 g/mol. The Labute approximate surface area is 151 Å². The van der Waals surface area contributed by atoms with Crippen molar-refractivity contribution in [2.45, 2.75) is 19.1 Å². The number of carbonyl (C=O) groups excluding carboxylic acids is 2. The molecule has 0 unspecified atom stereocenters. The van der Waals surface area contributed by atoms with Crippen LogP contribution in [0, 0.1) is 0 Å². The van der Waals surface area contributed by atoms with E-state index in [9.17, 15) is 9.59 Å². The monoisotopic (exact) mass is 359 g/mol. The van der Waals surface area contributed by atoms with Crippen LogP contribution in [0.1, 0.15) is 12.0 Å². The Morgan fingerprint density at radius 1 is 1.16 bits per heavy atom. The molecule has 0 saturated carbocycles. The van der Waals surface area contributed by atoms with Gasteiger partial charge in [-0.25, -0.2) is 9.78 Å². The molecule has 2 N–H and O–H groups in total. The summed E-state index contributed by atoms with van der Waals surface area (Å²) in [5.74, 6) is 0.865. The van der Waals surface area contributed by atoms with E-state index in [1.165, 1.54) is 0 Å². The smallest absolute Gasteiger partial charge is 0.408 e. The fourth-order valence-electron chi connectivity index (χ4n) is 2.06. The van der Waals surface area contributed by atoms with Gasteiger partial charge in [-0.05, 0) is 36.1 Å². The zero-order valence-corrected chi connectivity index (χ0v) is 14.8. The molecule has 7 heteroatoms. The van der Waals surface area contributed by atoms with Crippen molar-refractivity contribution >= 4 is 29.6 Å². The van der Waals surface area contributed by atoms with Crippen molar-refractivity contribution in [3.05, 3.63) is 60.3 Å². The number of ether oxygens (including phenoxy) is 1. The Morgan fingerprint density at radius 3 is 2.60 bits per heavy atom. The van der Waals surface area contributed by atoms with Crippen molar-refractivity contribution < 1.29 is 14.3 Å². The lowest BCUT2D eigenvalue weighted by molar-refractivity contribution is -0.118. The third-order valence-electron chi connectivity index (χ3n) is 3.35. The number of hydrogen-bond acceptors (Lipinski definition) is 5. The molecule has 6 nitrogen and oxygen atoms in total. The van der Waals surface area contributed by atoms with Gasteiger partial charge in [0.2, 0.25) is 5.91 Å². The lowest BCUT2D eigenvalue weighted by Crippen LogP contribution is -2.44. The summed E-state index contributed by atoms with van der Waals surface area (Å²) in [4.78, 5) is 28.5. The van der Waals surface area contributed by atoms with Crippen molar-refractivity contribution in [1.82, 2.24) is 10.3 Å². The normalized spacial score (nSPS) is 11.4. The standard InChI is InChI=1S/C18H21N3O3S/c1-25-12-10-15(17(22)21-16-9-5-6-11-19-16)20-18(23)24-13-14-7-3-2-4-8-14/h2-9,11,15H,10,12-13H2,1H3,(H,20,23)(H,19,21,22)/t15-/m0/s1. The molecule has 0 aliphatic heterocycles. The summed E-state index contributed by atoms with van der Waals surface area (Å²) in [5, 5.41) is 5.33. The molecule has 0 aliphatic rings. The minimum atomic E-state index is -0.683. The molecule has 2 rings (SSSR count). The zero-order chi connectivity index (χ0) is 17.9. The summed E-state index contributed by atoms with van der Waals surface area (Å²) in [6.45, 7) is 0.157. The van der Waals surface area contributed by atoms with Gasteiger partial charge in [-0.1, -0.05) is 36.4 Å². The highest BCUT2D eigenvalue weighted by atomic mass is 32.2. The van der Waals surface area contributed by atoms with Gasteiger partial charge in [0.1, 0.15) is 18.5 Å². The molecule has 0 spiro atoms. The number of thioether (sulfide) groups is 1. The fourth-order valence-corrected chi connectivity index (χ4v) is 2.53. The predicted octanol–water partition coefficient (Wildman–Crippen LogP) is 3.07. The highest BCUT2D eigenvalue weighted by molar-refractivity contribution is 7.98. The van der Waals surface area contributed by atoms with Crippen LogP contribution in [0.4, 0.5) is 10.6 Å². The molecule has 132 valence electrons. The molecule has 0 fully saturated rings. The highest BCUT2D eigenvalue weighted by Crippen LogP contribution is 2.07. The fraction of sp³-hybridized carbons (Fsp3) is 0.278. The predicted molar refractivity (Wildman–Crippen MR) is 99.4 cm³/mol. The number of pyridine rings is 1. The van der Waals surface area contributed by atoms with E-state index in [-0.39, 0.29) is 12.5 Å². The first-order valence-corrected chi connectivity index (χ1v) is 9.26. The van der Waals surface area contributed by atoms with Crippen molar-refractivity contribution in [3.63, 3.8) is 0 Å². The Balaban J connectivity index is 1.89. The van der Waals surface area contributed by atoms with Crippen molar-refractivity contribution in [2.75, 3.05) is 17.3 Å². The minimum absolute atomic E-state index is 0.157. The molecule has 0 saturated heterocycles. The number of alkyl carbamates (subject to hydrolysis) is 1. The first-order valence-electron chi connectivity index (χ1n) is 7.87. The number of nitrogens with zero attached hydrogens (tertiary/aromatic N) is 1. The van der Waals surface area contributed by atoms with Crippen molar-refractivity contribution in [3.8, 4) is 0 Å². The van der Waals surface area contributed by atoms with E-state index < -0.39 is 12.1 Å². The van der Waals surface area contributed by atoms with Gasteiger partial charge < -0.3 is 15.4 Å². The van der Waals surface area contributed by atoms with Crippen LogP contribution in [-0.4, -0.2) is 35.0 Å². The van der Waals surface area contributed by atoms with E-state index in [2.05, 4.69) is 15.6 Å². The first-order chi connectivity index (χ1) is 12.2. The van der Waals surface area contributed by atoms with Crippen LogP contribution in [0.15, 0.2) is 54.7 Å². The lowest BCUT2D eigenvalue weighted by atomic mass is 10.2. The number of hydrogen-bond donors (Lipinski definition) is 2. The third-order valence-corrected chi connectivity index (χ3v) is 3.99. The highest BCUT2D eigenvalue weighted by Gasteiger charge is 2.21.